The van der Waals surface area contributed by atoms with Gasteiger partial charge in [0.2, 0.25) is 0 Å². The van der Waals surface area contributed by atoms with Crippen LogP contribution >= 0.6 is 35.0 Å². The number of amidine groups is 1. The molecule has 2 heterocycles. The number of hydrogen-bond donors (Lipinski definition) is 1. The monoisotopic (exact) mass is 351 g/mol. The van der Waals surface area contributed by atoms with Crippen LogP contribution in [-0.4, -0.2) is 22.4 Å². The Labute approximate surface area is 144 Å². The predicted octanol–water partition coefficient (Wildman–Crippen LogP) is 4.36. The molecule has 0 saturated heterocycles. The summed E-state index contributed by atoms with van der Waals surface area (Å²) in [5.74, 6) is 1.02. The second-order valence-corrected chi connectivity index (χ2v) is 6.77. The largest absolute Gasteiger partial charge is 0.358 e. The van der Waals surface area contributed by atoms with Crippen molar-refractivity contribution in [2.24, 2.45) is 4.99 Å². The van der Waals surface area contributed by atoms with Crippen LogP contribution in [0, 0.1) is 0 Å². The average molecular weight is 352 g/mol. The highest BCUT2D eigenvalue weighted by Crippen LogP contribution is 2.32. The minimum absolute atomic E-state index is 0.00884. The average Bonchev–Trinajstić information content (AvgIpc) is 3.03. The Morgan fingerprint density at radius 3 is 2.82 bits per heavy atom. The molecule has 1 aliphatic heterocycles. The van der Waals surface area contributed by atoms with E-state index in [1.165, 1.54) is 0 Å². The molecule has 114 valence electrons. The molecule has 0 fully saturated rings. The highest BCUT2D eigenvalue weighted by atomic mass is 35.5. The van der Waals surface area contributed by atoms with Crippen LogP contribution in [0.15, 0.2) is 47.6 Å². The Kier molecular flexibility index (Phi) is 5.24. The number of nitrogens with zero attached hydrogens (tertiary/aromatic N) is 2. The van der Waals surface area contributed by atoms with Crippen molar-refractivity contribution in [1.82, 2.24) is 10.3 Å². The van der Waals surface area contributed by atoms with Crippen LogP contribution in [0.4, 0.5) is 0 Å². The standard InChI is InChI=1S/C16H15Cl2N3S/c17-13-6-3-5-12(15(13)18)14(21-16-20-8-9-22-16)10-11-4-1-2-7-19-11/h1-7,14H,8-10H2,(H,20,21). The van der Waals surface area contributed by atoms with E-state index in [1.54, 1.807) is 24.0 Å². The van der Waals surface area contributed by atoms with E-state index >= 15 is 0 Å². The van der Waals surface area contributed by atoms with Gasteiger partial charge >= 0.3 is 0 Å². The van der Waals surface area contributed by atoms with Gasteiger partial charge in [-0.05, 0) is 23.8 Å². The molecule has 0 radical (unpaired) electrons. The van der Waals surface area contributed by atoms with Gasteiger partial charge < -0.3 is 5.32 Å². The Balaban J connectivity index is 1.89. The summed E-state index contributed by atoms with van der Waals surface area (Å²) in [7, 11) is 0. The molecular formula is C16H15Cl2N3S. The molecular weight excluding hydrogens is 337 g/mol. The van der Waals surface area contributed by atoms with Crippen molar-refractivity contribution >= 4 is 40.1 Å². The van der Waals surface area contributed by atoms with Gasteiger partial charge in [-0.3, -0.25) is 9.98 Å². The lowest BCUT2D eigenvalue weighted by molar-refractivity contribution is 0.638. The molecule has 1 atom stereocenters. The van der Waals surface area contributed by atoms with E-state index in [9.17, 15) is 0 Å². The number of rotatable bonds is 4. The third-order valence-electron chi connectivity index (χ3n) is 3.38. The van der Waals surface area contributed by atoms with Crippen molar-refractivity contribution in [3.05, 3.63) is 63.9 Å². The maximum atomic E-state index is 6.40. The normalized spacial score (nSPS) is 15.5. The number of aromatic nitrogens is 1. The molecule has 22 heavy (non-hydrogen) atoms. The van der Waals surface area contributed by atoms with Crippen LogP contribution in [0.1, 0.15) is 17.3 Å². The fourth-order valence-corrected chi connectivity index (χ4v) is 3.55. The summed E-state index contributed by atoms with van der Waals surface area (Å²) < 4.78 is 0. The molecule has 0 spiro atoms. The van der Waals surface area contributed by atoms with Gasteiger partial charge in [-0.25, -0.2) is 0 Å². The number of hydrogen-bond acceptors (Lipinski definition) is 4. The van der Waals surface area contributed by atoms with E-state index in [0.717, 1.165) is 35.1 Å². The molecule has 1 aromatic carbocycles. The lowest BCUT2D eigenvalue weighted by Crippen LogP contribution is -2.27. The van der Waals surface area contributed by atoms with Crippen molar-refractivity contribution in [3.63, 3.8) is 0 Å². The molecule has 1 N–H and O–H groups in total. The third kappa shape index (κ3) is 3.75. The molecule has 3 rings (SSSR count). The Morgan fingerprint density at radius 1 is 1.18 bits per heavy atom. The summed E-state index contributed by atoms with van der Waals surface area (Å²) in [6, 6.07) is 11.6. The lowest BCUT2D eigenvalue weighted by atomic mass is 10.0. The molecule has 0 bridgehead atoms. The van der Waals surface area contributed by atoms with Crippen LogP contribution < -0.4 is 5.32 Å². The number of halogens is 2. The Bertz CT molecular complexity index is 676. The number of aliphatic imine (C=N–C) groups is 1. The van der Waals surface area contributed by atoms with E-state index in [-0.39, 0.29) is 6.04 Å². The zero-order chi connectivity index (χ0) is 15.4. The van der Waals surface area contributed by atoms with E-state index in [4.69, 9.17) is 23.2 Å². The molecule has 6 heteroatoms. The van der Waals surface area contributed by atoms with Crippen LogP contribution in [0.2, 0.25) is 10.0 Å². The van der Waals surface area contributed by atoms with Crippen LogP contribution in [0.5, 0.6) is 0 Å². The summed E-state index contributed by atoms with van der Waals surface area (Å²) in [4.78, 5) is 8.87. The number of benzene rings is 1. The maximum absolute atomic E-state index is 6.40. The first kappa shape index (κ1) is 15.7. The second kappa shape index (κ2) is 7.36. The molecule has 1 unspecified atom stereocenters. The highest BCUT2D eigenvalue weighted by molar-refractivity contribution is 8.14. The van der Waals surface area contributed by atoms with Gasteiger partial charge in [0.15, 0.2) is 5.17 Å². The number of thioether (sulfide) groups is 1. The summed E-state index contributed by atoms with van der Waals surface area (Å²) >= 11 is 14.3. The van der Waals surface area contributed by atoms with Gasteiger partial charge in [0, 0.05) is 24.1 Å². The summed E-state index contributed by atoms with van der Waals surface area (Å²) in [5, 5.41) is 5.58. The van der Waals surface area contributed by atoms with Crippen LogP contribution in [0.25, 0.3) is 0 Å². The van der Waals surface area contributed by atoms with Crippen molar-refractivity contribution in [2.75, 3.05) is 12.3 Å². The highest BCUT2D eigenvalue weighted by Gasteiger charge is 2.20. The molecule has 1 aromatic heterocycles. The smallest absolute Gasteiger partial charge is 0.157 e. The van der Waals surface area contributed by atoms with E-state index in [0.29, 0.717) is 10.0 Å². The molecule has 1 aliphatic rings. The fourth-order valence-electron chi connectivity index (χ4n) is 2.33. The predicted molar refractivity (Wildman–Crippen MR) is 95.0 cm³/mol. The Hall–Kier alpha value is -1.23. The second-order valence-electron chi connectivity index (χ2n) is 4.90. The van der Waals surface area contributed by atoms with Gasteiger partial charge in [0.05, 0.1) is 22.6 Å². The third-order valence-corrected chi connectivity index (χ3v) is 5.12. The first-order valence-corrected chi connectivity index (χ1v) is 8.76. The maximum Gasteiger partial charge on any atom is 0.157 e. The van der Waals surface area contributed by atoms with Gasteiger partial charge in [-0.1, -0.05) is 53.2 Å². The molecule has 2 aromatic rings. The molecule has 3 nitrogen and oxygen atoms in total. The van der Waals surface area contributed by atoms with Crippen molar-refractivity contribution in [2.45, 2.75) is 12.5 Å². The first-order valence-electron chi connectivity index (χ1n) is 7.01. The van der Waals surface area contributed by atoms with E-state index in [2.05, 4.69) is 15.3 Å². The zero-order valence-corrected chi connectivity index (χ0v) is 14.1. The van der Waals surface area contributed by atoms with Crippen molar-refractivity contribution in [3.8, 4) is 0 Å². The zero-order valence-electron chi connectivity index (χ0n) is 11.8. The molecule has 0 aliphatic carbocycles. The van der Waals surface area contributed by atoms with E-state index in [1.807, 2.05) is 30.3 Å². The van der Waals surface area contributed by atoms with Gasteiger partial charge in [0.25, 0.3) is 0 Å². The van der Waals surface area contributed by atoms with Crippen LogP contribution in [0.3, 0.4) is 0 Å². The van der Waals surface area contributed by atoms with Gasteiger partial charge in [0.1, 0.15) is 0 Å². The molecule has 0 saturated carbocycles. The number of nitrogens with one attached hydrogen (secondary N) is 1. The first-order chi connectivity index (χ1) is 10.7. The lowest BCUT2D eigenvalue weighted by Gasteiger charge is -2.21. The molecule has 0 amide bonds. The fraction of sp³-hybridized carbons (Fsp3) is 0.250. The van der Waals surface area contributed by atoms with Gasteiger partial charge in [-0.15, -0.1) is 0 Å². The Morgan fingerprint density at radius 2 is 2.09 bits per heavy atom. The summed E-state index contributed by atoms with van der Waals surface area (Å²) in [5.41, 5.74) is 1.97. The quantitative estimate of drug-likeness (QED) is 0.888. The SMILES string of the molecule is Clc1cccc(C(Cc2ccccn2)NC2=NCCS2)c1Cl. The van der Waals surface area contributed by atoms with E-state index < -0.39 is 0 Å². The van der Waals surface area contributed by atoms with Gasteiger partial charge in [-0.2, -0.15) is 0 Å². The minimum atomic E-state index is -0.00884. The topological polar surface area (TPSA) is 37.3 Å². The van der Waals surface area contributed by atoms with Crippen LogP contribution in [-0.2, 0) is 6.42 Å². The van der Waals surface area contributed by atoms with Crippen molar-refractivity contribution < 1.29 is 0 Å². The number of pyridine rings is 1. The minimum Gasteiger partial charge on any atom is -0.358 e. The summed E-state index contributed by atoms with van der Waals surface area (Å²) in [6.07, 6.45) is 2.52. The summed E-state index contributed by atoms with van der Waals surface area (Å²) in [6.45, 7) is 0.854. The van der Waals surface area contributed by atoms with Crippen molar-refractivity contribution in [1.29, 1.82) is 0 Å².